The van der Waals surface area contributed by atoms with Crippen LogP contribution in [0.2, 0.25) is 0 Å². The smallest absolute Gasteiger partial charge is 0.236 e. The van der Waals surface area contributed by atoms with Crippen molar-refractivity contribution < 1.29 is 10.0 Å². The molecule has 5 nitrogen and oxygen atoms in total. The van der Waals surface area contributed by atoms with Gasteiger partial charge in [0.1, 0.15) is 5.41 Å². The third-order valence-electron chi connectivity index (χ3n) is 4.12. The van der Waals surface area contributed by atoms with E-state index in [2.05, 4.69) is 5.16 Å². The molecular weight excluding hydrogens is 218 g/mol. The van der Waals surface area contributed by atoms with Crippen molar-refractivity contribution in [1.82, 2.24) is 4.90 Å². The number of hydrogen-bond acceptors (Lipinski definition) is 3. The maximum Gasteiger partial charge on any atom is 0.236 e. The van der Waals surface area contributed by atoms with E-state index in [-0.39, 0.29) is 11.7 Å². The molecule has 2 saturated carbocycles. The van der Waals surface area contributed by atoms with Gasteiger partial charge in [0.15, 0.2) is 5.84 Å². The first-order valence-electron chi connectivity index (χ1n) is 6.45. The SMILES string of the molecule is CCN(C(=O)C1(C(N)=NO)CC1)C1CCCC1. The monoisotopic (exact) mass is 239 g/mol. The van der Waals surface area contributed by atoms with Gasteiger partial charge in [-0.15, -0.1) is 0 Å². The Hall–Kier alpha value is -1.26. The predicted molar refractivity (Wildman–Crippen MR) is 64.7 cm³/mol. The number of carbonyl (C=O) groups excluding carboxylic acids is 1. The fourth-order valence-corrected chi connectivity index (χ4v) is 2.86. The molecule has 96 valence electrons. The molecule has 5 heteroatoms. The topological polar surface area (TPSA) is 78.9 Å². The van der Waals surface area contributed by atoms with Crippen LogP contribution in [-0.4, -0.2) is 34.4 Å². The van der Waals surface area contributed by atoms with Crippen molar-refractivity contribution >= 4 is 11.7 Å². The predicted octanol–water partition coefficient (Wildman–Crippen LogP) is 1.30. The molecule has 2 aliphatic carbocycles. The van der Waals surface area contributed by atoms with Gasteiger partial charge in [0, 0.05) is 12.6 Å². The fraction of sp³-hybridized carbons (Fsp3) is 0.833. The number of amidine groups is 1. The third kappa shape index (κ3) is 1.98. The Balaban J connectivity index is 2.12. The van der Waals surface area contributed by atoms with Crippen LogP contribution < -0.4 is 5.73 Å². The summed E-state index contributed by atoms with van der Waals surface area (Å²) in [6, 6.07) is 0.358. The van der Waals surface area contributed by atoms with Gasteiger partial charge in [-0.3, -0.25) is 4.79 Å². The summed E-state index contributed by atoms with van der Waals surface area (Å²) in [7, 11) is 0. The molecule has 0 aromatic heterocycles. The second kappa shape index (κ2) is 4.55. The number of carbonyl (C=O) groups is 1. The van der Waals surface area contributed by atoms with E-state index in [9.17, 15) is 4.79 Å². The minimum absolute atomic E-state index is 0.0576. The van der Waals surface area contributed by atoms with Crippen LogP contribution in [0.25, 0.3) is 0 Å². The van der Waals surface area contributed by atoms with E-state index in [1.165, 1.54) is 12.8 Å². The molecule has 2 rings (SSSR count). The summed E-state index contributed by atoms with van der Waals surface area (Å²) < 4.78 is 0. The average molecular weight is 239 g/mol. The van der Waals surface area contributed by atoms with Crippen molar-refractivity contribution in [3.8, 4) is 0 Å². The third-order valence-corrected chi connectivity index (χ3v) is 4.12. The van der Waals surface area contributed by atoms with Crippen LogP contribution in [-0.2, 0) is 4.79 Å². The summed E-state index contributed by atoms with van der Waals surface area (Å²) in [6.45, 7) is 2.71. The summed E-state index contributed by atoms with van der Waals surface area (Å²) in [5, 5.41) is 11.8. The van der Waals surface area contributed by atoms with Gasteiger partial charge < -0.3 is 15.8 Å². The van der Waals surface area contributed by atoms with Gasteiger partial charge in [0.2, 0.25) is 5.91 Å². The molecule has 3 N–H and O–H groups in total. The lowest BCUT2D eigenvalue weighted by atomic mass is 10.0. The lowest BCUT2D eigenvalue weighted by Gasteiger charge is -2.31. The van der Waals surface area contributed by atoms with E-state index in [0.717, 1.165) is 12.8 Å². The van der Waals surface area contributed by atoms with Crippen LogP contribution in [0, 0.1) is 5.41 Å². The van der Waals surface area contributed by atoms with Gasteiger partial charge in [-0.25, -0.2) is 0 Å². The molecule has 1 amide bonds. The maximum atomic E-state index is 12.5. The summed E-state index contributed by atoms with van der Waals surface area (Å²) in [4.78, 5) is 14.4. The van der Waals surface area contributed by atoms with Crippen molar-refractivity contribution in [2.24, 2.45) is 16.3 Å². The fourth-order valence-electron chi connectivity index (χ4n) is 2.86. The highest BCUT2D eigenvalue weighted by atomic mass is 16.4. The molecule has 0 aromatic carbocycles. The van der Waals surface area contributed by atoms with Gasteiger partial charge in [-0.05, 0) is 32.6 Å². The van der Waals surface area contributed by atoms with Gasteiger partial charge in [0.25, 0.3) is 0 Å². The van der Waals surface area contributed by atoms with Crippen LogP contribution in [0.5, 0.6) is 0 Å². The number of oxime groups is 1. The van der Waals surface area contributed by atoms with Crippen LogP contribution in [0.4, 0.5) is 0 Å². The number of nitrogens with two attached hydrogens (primary N) is 1. The Bertz CT molecular complexity index is 331. The highest BCUT2D eigenvalue weighted by Crippen LogP contribution is 2.48. The van der Waals surface area contributed by atoms with Crippen LogP contribution in [0.3, 0.4) is 0 Å². The minimum Gasteiger partial charge on any atom is -0.409 e. The first-order valence-corrected chi connectivity index (χ1v) is 6.45. The maximum absolute atomic E-state index is 12.5. The summed E-state index contributed by atoms with van der Waals surface area (Å²) in [5.41, 5.74) is 4.97. The molecule has 0 saturated heterocycles. The Morgan fingerprint density at radius 3 is 2.47 bits per heavy atom. The molecule has 0 aromatic rings. The number of hydrogen-bond donors (Lipinski definition) is 2. The van der Waals surface area contributed by atoms with Crippen molar-refractivity contribution in [3.63, 3.8) is 0 Å². The Morgan fingerprint density at radius 2 is 2.06 bits per heavy atom. The summed E-state index contributed by atoms with van der Waals surface area (Å²) in [6.07, 6.45) is 6.00. The normalized spacial score (nSPS) is 23.7. The lowest BCUT2D eigenvalue weighted by molar-refractivity contribution is -0.136. The van der Waals surface area contributed by atoms with E-state index < -0.39 is 5.41 Å². The van der Waals surface area contributed by atoms with Crippen molar-refractivity contribution in [3.05, 3.63) is 0 Å². The van der Waals surface area contributed by atoms with Crippen LogP contribution >= 0.6 is 0 Å². The quantitative estimate of drug-likeness (QED) is 0.336. The lowest BCUT2D eigenvalue weighted by Crippen LogP contribution is -2.47. The minimum atomic E-state index is -0.687. The highest BCUT2D eigenvalue weighted by molar-refractivity contribution is 6.09. The van der Waals surface area contributed by atoms with Crippen molar-refractivity contribution in [2.75, 3.05) is 6.54 Å². The Morgan fingerprint density at radius 1 is 1.47 bits per heavy atom. The van der Waals surface area contributed by atoms with Crippen molar-refractivity contribution in [1.29, 1.82) is 0 Å². The number of rotatable bonds is 4. The van der Waals surface area contributed by atoms with E-state index >= 15 is 0 Å². The molecule has 0 spiro atoms. The zero-order chi connectivity index (χ0) is 12.5. The van der Waals surface area contributed by atoms with E-state index in [1.54, 1.807) is 0 Å². The average Bonchev–Trinajstić information content (AvgIpc) is 3.00. The molecule has 0 bridgehead atoms. The second-order valence-corrected chi connectivity index (χ2v) is 5.10. The van der Waals surface area contributed by atoms with Gasteiger partial charge in [0.05, 0.1) is 0 Å². The first kappa shape index (κ1) is 12.2. The van der Waals surface area contributed by atoms with Crippen molar-refractivity contribution in [2.45, 2.75) is 51.5 Å². The molecule has 2 fully saturated rings. The highest BCUT2D eigenvalue weighted by Gasteiger charge is 2.56. The first-order chi connectivity index (χ1) is 8.15. The molecule has 2 aliphatic rings. The van der Waals surface area contributed by atoms with Gasteiger partial charge in [-0.2, -0.15) is 0 Å². The van der Waals surface area contributed by atoms with E-state index in [0.29, 0.717) is 25.4 Å². The Labute approximate surface area is 102 Å². The van der Waals surface area contributed by atoms with Gasteiger partial charge >= 0.3 is 0 Å². The molecule has 0 radical (unpaired) electrons. The standard InChI is InChI=1S/C12H21N3O2/c1-2-15(9-5-3-4-6-9)11(16)12(7-8-12)10(13)14-17/h9,17H,2-8H2,1H3,(H2,13,14). The molecule has 0 aliphatic heterocycles. The summed E-state index contributed by atoms with van der Waals surface area (Å²) in [5.74, 6) is 0.140. The molecule has 0 heterocycles. The Kier molecular flexibility index (Phi) is 3.26. The zero-order valence-corrected chi connectivity index (χ0v) is 10.4. The largest absolute Gasteiger partial charge is 0.409 e. The zero-order valence-electron chi connectivity index (χ0n) is 10.4. The molecule has 0 unspecified atom stereocenters. The van der Waals surface area contributed by atoms with E-state index in [4.69, 9.17) is 10.9 Å². The molecule has 17 heavy (non-hydrogen) atoms. The number of nitrogens with zero attached hydrogens (tertiary/aromatic N) is 2. The van der Waals surface area contributed by atoms with Gasteiger partial charge in [-0.1, -0.05) is 18.0 Å². The van der Waals surface area contributed by atoms with Crippen LogP contribution in [0.1, 0.15) is 45.4 Å². The van der Waals surface area contributed by atoms with E-state index in [1.807, 2.05) is 11.8 Å². The molecule has 0 atom stereocenters. The second-order valence-electron chi connectivity index (χ2n) is 5.10. The summed E-state index contributed by atoms with van der Waals surface area (Å²) >= 11 is 0. The van der Waals surface area contributed by atoms with Crippen LogP contribution in [0.15, 0.2) is 5.16 Å². The number of amides is 1. The molecular formula is C12H21N3O2.